The van der Waals surface area contributed by atoms with Crippen LogP contribution in [0.15, 0.2) is 12.1 Å². The number of rotatable bonds is 5. The van der Waals surface area contributed by atoms with Crippen LogP contribution in [0.3, 0.4) is 0 Å². The molecule has 0 radical (unpaired) electrons. The van der Waals surface area contributed by atoms with Crippen LogP contribution in [0.1, 0.15) is 92.1 Å². The number of amides is 1. The topological polar surface area (TPSA) is 94.9 Å². The van der Waals surface area contributed by atoms with Crippen LogP contribution in [-0.2, 0) is 9.59 Å². The third-order valence-electron chi connectivity index (χ3n) is 7.37. The van der Waals surface area contributed by atoms with Gasteiger partial charge in [-0.05, 0) is 75.3 Å². The van der Waals surface area contributed by atoms with Crippen LogP contribution in [0.25, 0.3) is 5.57 Å². The van der Waals surface area contributed by atoms with Gasteiger partial charge in [0.05, 0.1) is 11.8 Å². The van der Waals surface area contributed by atoms with Gasteiger partial charge < -0.3 is 15.1 Å². The van der Waals surface area contributed by atoms with Gasteiger partial charge in [0.2, 0.25) is 5.91 Å². The highest BCUT2D eigenvalue weighted by Crippen LogP contribution is 2.41. The molecule has 1 heterocycles. The summed E-state index contributed by atoms with van der Waals surface area (Å²) in [5.41, 5.74) is 1.50. The molecule has 7 heteroatoms. The number of nitrogens with zero attached hydrogens (tertiary/aromatic N) is 1. The van der Waals surface area contributed by atoms with Crippen LogP contribution in [0.5, 0.6) is 0 Å². The molecule has 2 saturated carbocycles. The maximum atomic E-state index is 13.8. The summed E-state index contributed by atoms with van der Waals surface area (Å²) in [6.45, 7) is 2.22. The van der Waals surface area contributed by atoms with Crippen LogP contribution in [0, 0.1) is 11.8 Å². The fraction of sp³-hybridized carbons (Fsp3) is 0.640. The van der Waals surface area contributed by atoms with Crippen molar-refractivity contribution in [2.24, 2.45) is 11.8 Å². The molecule has 0 unspecified atom stereocenters. The highest BCUT2D eigenvalue weighted by molar-refractivity contribution is 7.15. The SMILES string of the molecule is C[C@H]1CC[C@H](C(=O)N(c2cc(C3=CCC(=O)CC3)sc2C(=O)O)[C@H]2CC[C@H](O)CC2)CC1. The van der Waals surface area contributed by atoms with E-state index in [-0.39, 0.29) is 34.6 Å². The Morgan fingerprint density at radius 2 is 1.72 bits per heavy atom. The van der Waals surface area contributed by atoms with Gasteiger partial charge in [-0.15, -0.1) is 11.3 Å². The fourth-order valence-electron chi connectivity index (χ4n) is 5.33. The summed E-state index contributed by atoms with van der Waals surface area (Å²) in [6.07, 6.45) is 9.38. The van der Waals surface area contributed by atoms with Crippen molar-refractivity contribution in [2.75, 3.05) is 4.90 Å². The Bertz CT molecular complexity index is 903. The number of thiophene rings is 1. The van der Waals surface area contributed by atoms with Crippen molar-refractivity contribution in [3.63, 3.8) is 0 Å². The highest BCUT2D eigenvalue weighted by atomic mass is 32.1. The third-order valence-corrected chi connectivity index (χ3v) is 8.55. The Morgan fingerprint density at radius 3 is 2.31 bits per heavy atom. The van der Waals surface area contributed by atoms with Gasteiger partial charge in [0, 0.05) is 29.7 Å². The number of carboxylic acids is 1. The normalized spacial score (nSPS) is 28.8. The second-order valence-corrected chi connectivity index (χ2v) is 10.8. The number of carbonyl (C=O) groups excluding carboxylic acids is 2. The summed E-state index contributed by atoms with van der Waals surface area (Å²) >= 11 is 1.21. The van der Waals surface area contributed by atoms with E-state index in [2.05, 4.69) is 6.92 Å². The zero-order valence-electron chi connectivity index (χ0n) is 18.7. The van der Waals surface area contributed by atoms with Crippen molar-refractivity contribution in [3.05, 3.63) is 21.9 Å². The molecule has 3 aliphatic rings. The summed E-state index contributed by atoms with van der Waals surface area (Å²) in [5, 5.41) is 20.0. The van der Waals surface area contributed by atoms with Crippen LogP contribution in [-0.4, -0.2) is 40.0 Å². The Morgan fingerprint density at radius 1 is 1.03 bits per heavy atom. The number of aliphatic hydroxyl groups excluding tert-OH is 1. The summed E-state index contributed by atoms with van der Waals surface area (Å²) in [7, 11) is 0. The number of aromatic carboxylic acids is 1. The Hall–Kier alpha value is -1.99. The minimum absolute atomic E-state index is 0.0398. The lowest BCUT2D eigenvalue weighted by molar-refractivity contribution is -0.124. The molecule has 0 aliphatic heterocycles. The lowest BCUT2D eigenvalue weighted by Crippen LogP contribution is -2.47. The molecular weight excluding hydrogens is 426 g/mol. The lowest BCUT2D eigenvalue weighted by atomic mass is 9.81. The standard InChI is InChI=1S/C25H33NO5S/c1-15-2-4-17(5-3-15)24(29)26(18-8-12-20(28)13-9-18)21-14-22(32-23(21)25(30)31)16-6-10-19(27)11-7-16/h6,14-15,17-18,20,28H,2-5,7-13H2,1H3,(H,30,31)/t15-,17-,18-,20-. The van der Waals surface area contributed by atoms with Crippen molar-refractivity contribution in [3.8, 4) is 0 Å². The molecule has 4 rings (SSSR count). The number of carbonyl (C=O) groups is 3. The summed E-state index contributed by atoms with van der Waals surface area (Å²) < 4.78 is 0. The van der Waals surface area contributed by atoms with Gasteiger partial charge in [-0.2, -0.15) is 0 Å². The molecule has 3 aliphatic carbocycles. The van der Waals surface area contributed by atoms with Crippen molar-refractivity contribution < 1.29 is 24.6 Å². The average molecular weight is 460 g/mol. The molecule has 0 bridgehead atoms. The van der Waals surface area contributed by atoms with E-state index in [0.717, 1.165) is 36.1 Å². The number of carboxylic acid groups (broad SMARTS) is 1. The molecule has 2 fully saturated rings. The van der Waals surface area contributed by atoms with Crippen molar-refractivity contribution in [2.45, 2.75) is 89.7 Å². The third kappa shape index (κ3) is 4.99. The van der Waals surface area contributed by atoms with E-state index in [1.54, 1.807) is 4.90 Å². The molecular formula is C25H33NO5S. The van der Waals surface area contributed by atoms with Crippen LogP contribution < -0.4 is 4.90 Å². The van der Waals surface area contributed by atoms with E-state index in [1.807, 2.05) is 12.1 Å². The van der Waals surface area contributed by atoms with Crippen LogP contribution >= 0.6 is 11.3 Å². The van der Waals surface area contributed by atoms with Crippen molar-refractivity contribution in [1.82, 2.24) is 0 Å². The Labute approximate surface area is 193 Å². The quantitative estimate of drug-likeness (QED) is 0.643. The number of hydrogen-bond acceptors (Lipinski definition) is 5. The Kier molecular flexibility index (Phi) is 7.15. The maximum absolute atomic E-state index is 13.8. The summed E-state index contributed by atoms with van der Waals surface area (Å²) in [4.78, 5) is 40.5. The first-order valence-corrected chi connectivity index (χ1v) is 12.7. The molecule has 6 nitrogen and oxygen atoms in total. The van der Waals surface area contributed by atoms with E-state index in [4.69, 9.17) is 0 Å². The lowest BCUT2D eigenvalue weighted by Gasteiger charge is -2.38. The molecule has 0 saturated heterocycles. The Balaban J connectivity index is 1.70. The van der Waals surface area contributed by atoms with Gasteiger partial charge >= 0.3 is 5.97 Å². The second-order valence-electron chi connectivity index (χ2n) is 9.73. The molecule has 2 N–H and O–H groups in total. The number of allylic oxidation sites excluding steroid dienone is 2. The predicted molar refractivity (Wildman–Crippen MR) is 125 cm³/mol. The summed E-state index contributed by atoms with van der Waals surface area (Å²) in [6, 6.07) is 1.78. The van der Waals surface area contributed by atoms with E-state index in [1.165, 1.54) is 11.3 Å². The van der Waals surface area contributed by atoms with Gasteiger partial charge in [-0.25, -0.2) is 4.79 Å². The minimum atomic E-state index is -1.02. The molecule has 0 spiro atoms. The number of anilines is 1. The van der Waals surface area contributed by atoms with E-state index in [0.29, 0.717) is 56.6 Å². The second kappa shape index (κ2) is 9.87. The fourth-order valence-corrected chi connectivity index (χ4v) is 6.38. The predicted octanol–water partition coefficient (Wildman–Crippen LogP) is 5.05. The zero-order chi connectivity index (χ0) is 22.8. The first-order chi connectivity index (χ1) is 15.3. The van der Waals surface area contributed by atoms with E-state index < -0.39 is 5.97 Å². The van der Waals surface area contributed by atoms with Crippen LogP contribution in [0.2, 0.25) is 0 Å². The number of Topliss-reactive ketones (excluding diaryl/α,β-unsaturated/α-hetero) is 1. The molecule has 1 amide bonds. The average Bonchev–Trinajstić information content (AvgIpc) is 3.21. The summed E-state index contributed by atoms with van der Waals surface area (Å²) in [5.74, 6) is -0.226. The molecule has 0 aromatic carbocycles. The van der Waals surface area contributed by atoms with Gasteiger partial charge in [-0.1, -0.05) is 13.0 Å². The molecule has 1 aromatic rings. The monoisotopic (exact) mass is 459 g/mol. The number of aliphatic hydroxyl groups is 1. The van der Waals surface area contributed by atoms with Gasteiger partial charge in [0.1, 0.15) is 10.7 Å². The maximum Gasteiger partial charge on any atom is 0.348 e. The number of hydrogen-bond donors (Lipinski definition) is 2. The molecule has 174 valence electrons. The van der Waals surface area contributed by atoms with Crippen LogP contribution in [0.4, 0.5) is 5.69 Å². The molecule has 0 atom stereocenters. The number of ketones is 1. The molecule has 32 heavy (non-hydrogen) atoms. The van der Waals surface area contributed by atoms with E-state index in [9.17, 15) is 24.6 Å². The van der Waals surface area contributed by atoms with Gasteiger partial charge in [0.15, 0.2) is 0 Å². The van der Waals surface area contributed by atoms with Crippen molar-refractivity contribution >= 4 is 40.3 Å². The van der Waals surface area contributed by atoms with E-state index >= 15 is 0 Å². The smallest absolute Gasteiger partial charge is 0.348 e. The first-order valence-electron chi connectivity index (χ1n) is 11.9. The van der Waals surface area contributed by atoms with Gasteiger partial charge in [-0.3, -0.25) is 9.59 Å². The van der Waals surface area contributed by atoms with Crippen molar-refractivity contribution in [1.29, 1.82) is 0 Å². The first kappa shape index (κ1) is 23.2. The highest BCUT2D eigenvalue weighted by Gasteiger charge is 2.37. The largest absolute Gasteiger partial charge is 0.477 e. The van der Waals surface area contributed by atoms with Gasteiger partial charge in [0.25, 0.3) is 0 Å². The minimum Gasteiger partial charge on any atom is -0.477 e. The molecule has 1 aromatic heterocycles. The zero-order valence-corrected chi connectivity index (χ0v) is 19.5.